The van der Waals surface area contributed by atoms with Crippen molar-refractivity contribution in [3.8, 4) is 0 Å². The number of halogens is 2. The fourth-order valence-corrected chi connectivity index (χ4v) is 0.0915. The summed E-state index contributed by atoms with van der Waals surface area (Å²) in [5.41, 5.74) is 0. The summed E-state index contributed by atoms with van der Waals surface area (Å²) in [6.07, 6.45) is 0. The number of carboxylic acid groups (broad SMARTS) is 2. The van der Waals surface area contributed by atoms with Gasteiger partial charge in [0.05, 0.1) is 0 Å². The smallest absolute Gasteiger partial charge is 1.00 e. The number of carboxylic acids is 2. The summed E-state index contributed by atoms with van der Waals surface area (Å²) in [6.45, 7) is 0. The first-order chi connectivity index (χ1) is 5.62. The van der Waals surface area contributed by atoms with Gasteiger partial charge in [0, 0.05) is 0 Å². The molecule has 0 saturated carbocycles. The van der Waals surface area contributed by atoms with E-state index >= 15 is 0 Å². The predicted octanol–water partition coefficient (Wildman–Crippen LogP) is -4.25. The van der Waals surface area contributed by atoms with Gasteiger partial charge in [0.25, 0.3) is 2.33 Å². The second kappa shape index (κ2) is 8.96. The SMILES string of the molecule is O=C(O)C(Br)(I)C(=O)O.OB(O)O.[H-].[Li+]. The minimum atomic E-state index is -2.17. The van der Waals surface area contributed by atoms with Gasteiger partial charge in [-0.1, -0.05) is 0 Å². The molecule has 0 heterocycles. The number of alkyl halides is 2. The van der Waals surface area contributed by atoms with E-state index in [9.17, 15) is 9.59 Å². The molecule has 0 aliphatic rings. The van der Waals surface area contributed by atoms with Crippen molar-refractivity contribution in [2.24, 2.45) is 0 Å². The van der Waals surface area contributed by atoms with Crippen molar-refractivity contribution < 1.29 is 55.2 Å². The van der Waals surface area contributed by atoms with E-state index in [-0.39, 0.29) is 20.3 Å². The molecule has 0 bridgehead atoms. The van der Waals surface area contributed by atoms with Crippen molar-refractivity contribution in [2.45, 2.75) is 2.33 Å². The Labute approximate surface area is 115 Å². The maximum atomic E-state index is 10.0. The maximum Gasteiger partial charge on any atom is 1.00 e. The minimum Gasteiger partial charge on any atom is -1.00 e. The Morgan fingerprint density at radius 1 is 1.21 bits per heavy atom. The summed E-state index contributed by atoms with van der Waals surface area (Å²) in [7, 11) is -2.17. The van der Waals surface area contributed by atoms with E-state index in [2.05, 4.69) is 15.9 Å². The van der Waals surface area contributed by atoms with Crippen molar-refractivity contribution in [1.82, 2.24) is 0 Å². The molecule has 7 nitrogen and oxygen atoms in total. The van der Waals surface area contributed by atoms with E-state index in [1.54, 1.807) is 0 Å². The number of hydrogen-bond acceptors (Lipinski definition) is 5. The third kappa shape index (κ3) is 10.8. The molecule has 0 aliphatic heterocycles. The molecule has 0 unspecified atom stereocenters. The maximum absolute atomic E-state index is 10.0. The summed E-state index contributed by atoms with van der Waals surface area (Å²) < 4.78 is -1.88. The Balaban J connectivity index is -0.0000000883. The summed E-state index contributed by atoms with van der Waals surface area (Å²) in [5, 5.41) is 37.9. The quantitative estimate of drug-likeness (QED) is 0.142. The van der Waals surface area contributed by atoms with Gasteiger partial charge in [0.2, 0.25) is 0 Å². The van der Waals surface area contributed by atoms with E-state index in [4.69, 9.17) is 25.3 Å². The number of hydrogen-bond donors (Lipinski definition) is 5. The molecule has 0 radical (unpaired) electrons. The molecule has 0 amide bonds. The molecule has 0 rings (SSSR count). The van der Waals surface area contributed by atoms with Crippen molar-refractivity contribution in [1.29, 1.82) is 0 Å². The molecule has 0 aromatic carbocycles. The second-order valence-corrected chi connectivity index (χ2v) is 5.82. The minimum absolute atomic E-state index is 0. The predicted molar refractivity (Wildman–Crippen MR) is 54.5 cm³/mol. The van der Waals surface area contributed by atoms with Gasteiger partial charge in [-0.05, 0) is 38.5 Å². The van der Waals surface area contributed by atoms with E-state index in [1.165, 1.54) is 22.6 Å². The molecule has 11 heteroatoms. The average Bonchev–Trinajstić information content (AvgIpc) is 1.85. The van der Waals surface area contributed by atoms with Crippen LogP contribution in [0.4, 0.5) is 0 Å². The van der Waals surface area contributed by atoms with Crippen molar-refractivity contribution in [3.63, 3.8) is 0 Å². The summed E-state index contributed by atoms with van der Waals surface area (Å²) in [6, 6.07) is 0. The topological polar surface area (TPSA) is 135 Å². The second-order valence-electron chi connectivity index (χ2n) is 1.53. The van der Waals surface area contributed by atoms with E-state index < -0.39 is 21.6 Å². The zero-order chi connectivity index (χ0) is 11.2. The van der Waals surface area contributed by atoms with E-state index in [1.807, 2.05) is 0 Å². The Morgan fingerprint density at radius 3 is 1.36 bits per heavy atom. The molecule has 0 fully saturated rings. The third-order valence-corrected chi connectivity index (χ3v) is 2.14. The van der Waals surface area contributed by atoms with Crippen LogP contribution < -0.4 is 18.9 Å². The van der Waals surface area contributed by atoms with Crippen LogP contribution >= 0.6 is 38.5 Å². The van der Waals surface area contributed by atoms with Crippen LogP contribution in [-0.2, 0) is 9.59 Å². The largest absolute Gasteiger partial charge is 1.00 e. The summed E-state index contributed by atoms with van der Waals surface area (Å²) in [4.78, 5) is 20.1. The summed E-state index contributed by atoms with van der Waals surface area (Å²) in [5.74, 6) is -2.84. The van der Waals surface area contributed by atoms with Gasteiger partial charge in [0.15, 0.2) is 0 Å². The van der Waals surface area contributed by atoms with Crippen LogP contribution in [0.15, 0.2) is 0 Å². The Bertz CT molecular complexity index is 186. The molecular weight excluding hydrogens is 373 g/mol. The molecule has 0 saturated heterocycles. The van der Waals surface area contributed by atoms with Gasteiger partial charge in [-0.2, -0.15) is 0 Å². The first-order valence-corrected chi connectivity index (χ1v) is 4.38. The fourth-order valence-electron chi connectivity index (χ4n) is 0.0915. The first kappa shape index (κ1) is 20.1. The normalized spacial score (nSPS) is 8.93. The molecule has 0 aliphatic carbocycles. The molecule has 78 valence electrons. The molecular formula is C3H6BBrILiO7. The average molecular weight is 379 g/mol. The fraction of sp³-hybridized carbons (Fsp3) is 0.333. The van der Waals surface area contributed by atoms with Crippen LogP contribution in [0.25, 0.3) is 0 Å². The van der Waals surface area contributed by atoms with Crippen molar-refractivity contribution in [3.05, 3.63) is 0 Å². The van der Waals surface area contributed by atoms with Crippen molar-refractivity contribution in [2.75, 3.05) is 0 Å². The number of carbonyl (C=O) groups is 2. The van der Waals surface area contributed by atoms with Crippen LogP contribution in [-0.4, -0.2) is 46.9 Å². The standard InChI is InChI=1S/C3H2BrIO4.BH3O3.Li.H/c4-3(5,1(6)7)2(8)9;2-1(3)4;;/h(H,6,7)(H,8,9);2-4H;;/q;;+1;-1. The monoisotopic (exact) mass is 378 g/mol. The zero-order valence-electron chi connectivity index (χ0n) is 7.89. The number of rotatable bonds is 2. The van der Waals surface area contributed by atoms with Gasteiger partial charge in [-0.25, -0.2) is 9.59 Å². The molecule has 0 aromatic rings. The van der Waals surface area contributed by atoms with Crippen LogP contribution in [0, 0.1) is 0 Å². The molecule has 0 aromatic heterocycles. The molecule has 0 atom stereocenters. The molecule has 0 spiro atoms. The Hall–Kier alpha value is 0.692. The molecule has 5 N–H and O–H groups in total. The van der Waals surface area contributed by atoms with Gasteiger partial charge >= 0.3 is 38.1 Å². The van der Waals surface area contributed by atoms with Crippen LogP contribution in [0.2, 0.25) is 0 Å². The zero-order valence-corrected chi connectivity index (χ0v) is 10.6. The van der Waals surface area contributed by atoms with Gasteiger partial charge in [0.1, 0.15) is 0 Å². The van der Waals surface area contributed by atoms with Gasteiger partial charge in [-0.3, -0.25) is 0 Å². The van der Waals surface area contributed by atoms with E-state index in [0.29, 0.717) is 0 Å². The van der Waals surface area contributed by atoms with Crippen LogP contribution in [0.3, 0.4) is 0 Å². The van der Waals surface area contributed by atoms with Crippen LogP contribution in [0.1, 0.15) is 1.43 Å². The summed E-state index contributed by atoms with van der Waals surface area (Å²) >= 11 is 3.77. The van der Waals surface area contributed by atoms with Crippen molar-refractivity contribution >= 4 is 57.8 Å². The van der Waals surface area contributed by atoms with Gasteiger partial charge < -0.3 is 26.7 Å². The number of aliphatic carboxylic acids is 2. The van der Waals surface area contributed by atoms with E-state index in [0.717, 1.165) is 0 Å². The van der Waals surface area contributed by atoms with Crippen LogP contribution in [0.5, 0.6) is 0 Å². The van der Waals surface area contributed by atoms with Gasteiger partial charge in [-0.15, -0.1) is 0 Å². The Kier molecular flexibility index (Phi) is 12.9. The third-order valence-electron chi connectivity index (χ3n) is 0.537. The molecule has 14 heavy (non-hydrogen) atoms. The Morgan fingerprint density at radius 2 is 1.36 bits per heavy atom. The first-order valence-electron chi connectivity index (χ1n) is 2.51.